The average Bonchev–Trinajstić information content (AvgIpc) is 2.63. The largest absolute Gasteiger partial charge is 0.335 e. The lowest BCUT2D eigenvalue weighted by molar-refractivity contribution is -0.133. The molecule has 1 unspecified atom stereocenters. The highest BCUT2D eigenvalue weighted by atomic mass is 19.1. The van der Waals surface area contributed by atoms with Gasteiger partial charge in [0.25, 0.3) is 0 Å². The normalized spacial score (nSPS) is 20.6. The Hall–Kier alpha value is -1.39. The molecule has 1 aliphatic rings. The maximum absolute atomic E-state index is 14.1. The molecule has 0 spiro atoms. The Bertz CT molecular complexity index is 427. The first-order valence-electron chi connectivity index (χ1n) is 6.03. The van der Waals surface area contributed by atoms with Gasteiger partial charge in [-0.15, -0.1) is 0 Å². The fraction of sp³-hybridized carbons (Fsp3) is 0.667. The van der Waals surface area contributed by atoms with Crippen molar-refractivity contribution in [2.45, 2.75) is 46.0 Å². The molecule has 94 valence electrons. The lowest BCUT2D eigenvalue weighted by atomic mass is 10.2. The van der Waals surface area contributed by atoms with E-state index in [2.05, 4.69) is 5.10 Å². The van der Waals surface area contributed by atoms with Crippen LogP contribution in [-0.2, 0) is 17.8 Å². The summed E-state index contributed by atoms with van der Waals surface area (Å²) >= 11 is 0. The van der Waals surface area contributed by atoms with Gasteiger partial charge in [0.05, 0.1) is 17.9 Å². The molecule has 0 radical (unpaired) electrons. The lowest BCUT2D eigenvalue weighted by Crippen LogP contribution is -2.39. The predicted molar refractivity (Wildman–Crippen MR) is 62.3 cm³/mol. The van der Waals surface area contributed by atoms with Crippen molar-refractivity contribution in [3.05, 3.63) is 17.5 Å². The van der Waals surface area contributed by atoms with Crippen molar-refractivity contribution >= 4 is 5.91 Å². The number of carbonyl (C=O) groups excluding carboxylic acids is 1. The van der Waals surface area contributed by atoms with Gasteiger partial charge in [-0.05, 0) is 26.3 Å². The van der Waals surface area contributed by atoms with Crippen LogP contribution in [0.3, 0.4) is 0 Å². The molecule has 1 aromatic rings. The molecule has 0 saturated carbocycles. The molecule has 1 aliphatic heterocycles. The zero-order chi connectivity index (χ0) is 12.6. The van der Waals surface area contributed by atoms with Gasteiger partial charge in [-0.2, -0.15) is 5.10 Å². The van der Waals surface area contributed by atoms with E-state index in [0.29, 0.717) is 5.69 Å². The van der Waals surface area contributed by atoms with Crippen LogP contribution in [0.1, 0.15) is 38.3 Å². The van der Waals surface area contributed by atoms with Crippen LogP contribution < -0.4 is 0 Å². The topological polar surface area (TPSA) is 38.1 Å². The number of rotatable bonds is 2. The number of hydrogen-bond donors (Lipinski definition) is 0. The van der Waals surface area contributed by atoms with E-state index in [4.69, 9.17) is 0 Å². The maximum Gasteiger partial charge on any atom is 0.244 e. The van der Waals surface area contributed by atoms with Crippen LogP contribution >= 0.6 is 0 Å². The van der Waals surface area contributed by atoms with E-state index in [0.717, 1.165) is 12.1 Å². The summed E-state index contributed by atoms with van der Waals surface area (Å²) in [5.41, 5.74) is 1.37. The van der Waals surface area contributed by atoms with Crippen LogP contribution in [0.5, 0.6) is 0 Å². The predicted octanol–water partition coefficient (Wildman–Crippen LogP) is 1.71. The Morgan fingerprint density at radius 2 is 2.29 bits per heavy atom. The van der Waals surface area contributed by atoms with E-state index in [1.807, 2.05) is 20.8 Å². The van der Waals surface area contributed by atoms with Crippen LogP contribution in [0.2, 0.25) is 0 Å². The molecule has 0 aromatic carbocycles. The molecule has 0 N–H and O–H groups in total. The third kappa shape index (κ3) is 2.18. The van der Waals surface area contributed by atoms with E-state index in [9.17, 15) is 9.18 Å². The highest BCUT2D eigenvalue weighted by molar-refractivity contribution is 5.76. The monoisotopic (exact) mass is 239 g/mol. The third-order valence-corrected chi connectivity index (χ3v) is 3.13. The highest BCUT2D eigenvalue weighted by Gasteiger charge is 2.29. The number of halogens is 1. The first-order valence-corrected chi connectivity index (χ1v) is 6.03. The molecule has 0 bridgehead atoms. The molecular weight excluding hydrogens is 221 g/mol. The zero-order valence-corrected chi connectivity index (χ0v) is 10.5. The Labute approximate surface area is 100 Å². The summed E-state index contributed by atoms with van der Waals surface area (Å²) in [6.45, 7) is 6.04. The third-order valence-electron chi connectivity index (χ3n) is 3.13. The van der Waals surface area contributed by atoms with Crippen molar-refractivity contribution < 1.29 is 9.18 Å². The van der Waals surface area contributed by atoms with Gasteiger partial charge in [0, 0.05) is 6.04 Å². The Balaban J connectivity index is 2.32. The maximum atomic E-state index is 14.1. The van der Waals surface area contributed by atoms with Gasteiger partial charge in [0.2, 0.25) is 5.91 Å². The minimum Gasteiger partial charge on any atom is -0.335 e. The van der Waals surface area contributed by atoms with Crippen molar-refractivity contribution in [1.29, 1.82) is 0 Å². The number of hydrogen-bond acceptors (Lipinski definition) is 2. The van der Waals surface area contributed by atoms with Gasteiger partial charge >= 0.3 is 0 Å². The molecule has 2 rings (SSSR count). The summed E-state index contributed by atoms with van der Waals surface area (Å²) in [6, 6.07) is 1.79. The van der Waals surface area contributed by atoms with Crippen LogP contribution in [0.25, 0.3) is 0 Å². The smallest absolute Gasteiger partial charge is 0.244 e. The van der Waals surface area contributed by atoms with E-state index < -0.39 is 6.17 Å². The van der Waals surface area contributed by atoms with Gasteiger partial charge < -0.3 is 4.90 Å². The molecule has 1 atom stereocenters. The fourth-order valence-electron chi connectivity index (χ4n) is 2.12. The lowest BCUT2D eigenvalue weighted by Gasteiger charge is -2.25. The summed E-state index contributed by atoms with van der Waals surface area (Å²) < 4.78 is 15.6. The molecule has 0 saturated heterocycles. The zero-order valence-electron chi connectivity index (χ0n) is 10.5. The van der Waals surface area contributed by atoms with Gasteiger partial charge in [0.1, 0.15) is 6.54 Å². The molecule has 2 heterocycles. The van der Waals surface area contributed by atoms with Crippen molar-refractivity contribution in [3.8, 4) is 0 Å². The molecule has 5 heteroatoms. The SMILES string of the molecule is CCc1cc2n(n1)CC(=O)N(C(C)C)CC2F. The van der Waals surface area contributed by atoms with Crippen LogP contribution in [-0.4, -0.2) is 33.2 Å². The molecule has 4 nitrogen and oxygen atoms in total. The fourth-order valence-corrected chi connectivity index (χ4v) is 2.12. The van der Waals surface area contributed by atoms with Gasteiger partial charge in [-0.3, -0.25) is 9.48 Å². The standard InChI is InChI=1S/C12H18FN3O/c1-4-9-5-11-10(13)6-15(8(2)3)12(17)7-16(11)14-9/h5,8,10H,4,6-7H2,1-3H3. The highest BCUT2D eigenvalue weighted by Crippen LogP contribution is 2.24. The van der Waals surface area contributed by atoms with Crippen LogP contribution in [0.15, 0.2) is 6.07 Å². The molecule has 0 aliphatic carbocycles. The average molecular weight is 239 g/mol. The van der Waals surface area contributed by atoms with Crippen molar-refractivity contribution in [3.63, 3.8) is 0 Å². The van der Waals surface area contributed by atoms with Crippen LogP contribution in [0.4, 0.5) is 4.39 Å². The number of aryl methyl sites for hydroxylation is 1. The van der Waals surface area contributed by atoms with E-state index in [1.165, 1.54) is 4.68 Å². The Kier molecular flexibility index (Phi) is 3.17. The number of nitrogens with zero attached hydrogens (tertiary/aromatic N) is 3. The summed E-state index contributed by atoms with van der Waals surface area (Å²) in [5.74, 6) is -0.0628. The van der Waals surface area contributed by atoms with E-state index in [1.54, 1.807) is 11.0 Å². The summed E-state index contributed by atoms with van der Waals surface area (Å²) in [4.78, 5) is 13.5. The molecular formula is C12H18FN3O. The molecule has 17 heavy (non-hydrogen) atoms. The minimum atomic E-state index is -1.14. The second kappa shape index (κ2) is 4.47. The number of amides is 1. The quantitative estimate of drug-likeness (QED) is 0.788. The minimum absolute atomic E-state index is 0.0241. The second-order valence-corrected chi connectivity index (χ2v) is 4.68. The Morgan fingerprint density at radius 3 is 2.88 bits per heavy atom. The summed E-state index contributed by atoms with van der Waals surface area (Å²) in [5, 5.41) is 4.25. The van der Waals surface area contributed by atoms with Crippen molar-refractivity contribution in [1.82, 2.24) is 14.7 Å². The number of carbonyl (C=O) groups is 1. The van der Waals surface area contributed by atoms with Gasteiger partial charge in [0.15, 0.2) is 6.17 Å². The van der Waals surface area contributed by atoms with E-state index in [-0.39, 0.29) is 25.0 Å². The molecule has 1 amide bonds. The second-order valence-electron chi connectivity index (χ2n) is 4.68. The first kappa shape index (κ1) is 12.1. The Morgan fingerprint density at radius 1 is 1.59 bits per heavy atom. The van der Waals surface area contributed by atoms with Gasteiger partial charge in [-0.25, -0.2) is 4.39 Å². The van der Waals surface area contributed by atoms with Gasteiger partial charge in [-0.1, -0.05) is 6.92 Å². The summed E-state index contributed by atoms with van der Waals surface area (Å²) in [7, 11) is 0. The molecule has 1 aromatic heterocycles. The van der Waals surface area contributed by atoms with Crippen molar-refractivity contribution in [2.24, 2.45) is 0 Å². The van der Waals surface area contributed by atoms with Crippen LogP contribution in [0, 0.1) is 0 Å². The molecule has 0 fully saturated rings. The number of alkyl halides is 1. The summed E-state index contributed by atoms with van der Waals surface area (Å²) in [6.07, 6.45) is -0.383. The number of aromatic nitrogens is 2. The number of fused-ring (bicyclic) bond motifs is 1. The van der Waals surface area contributed by atoms with E-state index >= 15 is 0 Å². The first-order chi connectivity index (χ1) is 8.02. The van der Waals surface area contributed by atoms with Crippen molar-refractivity contribution in [2.75, 3.05) is 6.54 Å².